The van der Waals surface area contributed by atoms with Crippen LogP contribution in [0.25, 0.3) is 21.9 Å². The highest BCUT2D eigenvalue weighted by Gasteiger charge is 2.45. The largest absolute Gasteiger partial charge is 0.454 e. The number of anilines is 9. The van der Waals surface area contributed by atoms with E-state index in [0.29, 0.717) is 5.92 Å². The van der Waals surface area contributed by atoms with Crippen LogP contribution in [0.2, 0.25) is 0 Å². The Morgan fingerprint density at radius 2 is 0.893 bits per heavy atom. The average Bonchev–Trinajstić information content (AvgIpc) is 3.84. The molecule has 378 valence electrons. The van der Waals surface area contributed by atoms with Crippen molar-refractivity contribution in [2.75, 3.05) is 14.7 Å². The summed E-state index contributed by atoms with van der Waals surface area (Å²) in [6.45, 7) is 27.9. The minimum Gasteiger partial charge on any atom is -0.454 e. The number of furan rings is 1. The first-order chi connectivity index (χ1) is 35.7. The van der Waals surface area contributed by atoms with Gasteiger partial charge in [0.05, 0.1) is 11.4 Å². The number of benzene rings is 8. The SMILES string of the molecule is CC(C)(C)c1ccc(N2c3ccc(C(C)(C)C)cc3B3c4cc(C(C)(C)C)ccc4N(c4ccc(C(C)(C)C)cc4)c4cc(N(c5ccccc5)c5cccc6c5oc5c(C7CCCCC7)cccc56)cc2c43)cc1. The molecule has 1 saturated carbocycles. The third-order valence-corrected chi connectivity index (χ3v) is 16.9. The van der Waals surface area contributed by atoms with Gasteiger partial charge in [-0.1, -0.05) is 199 Å². The molecule has 8 aromatic carbocycles. The van der Waals surface area contributed by atoms with Gasteiger partial charge in [-0.3, -0.25) is 0 Å². The van der Waals surface area contributed by atoms with Crippen molar-refractivity contribution in [3.8, 4) is 0 Å². The van der Waals surface area contributed by atoms with Crippen LogP contribution in [0, 0.1) is 0 Å². The first-order valence-electron chi connectivity index (χ1n) is 27.8. The van der Waals surface area contributed by atoms with Gasteiger partial charge in [-0.05, 0) is 151 Å². The molecule has 1 aromatic heterocycles. The minimum atomic E-state index is -0.0577. The third-order valence-electron chi connectivity index (χ3n) is 16.9. The maximum Gasteiger partial charge on any atom is 0.252 e. The molecule has 2 aliphatic heterocycles. The van der Waals surface area contributed by atoms with Crippen molar-refractivity contribution in [1.82, 2.24) is 0 Å². The van der Waals surface area contributed by atoms with E-state index in [4.69, 9.17) is 4.42 Å². The van der Waals surface area contributed by atoms with E-state index in [2.05, 4.69) is 262 Å². The van der Waals surface area contributed by atoms with Gasteiger partial charge < -0.3 is 19.1 Å². The lowest BCUT2D eigenvalue weighted by Gasteiger charge is -2.45. The Balaban J connectivity index is 1.19. The van der Waals surface area contributed by atoms with Crippen molar-refractivity contribution in [2.45, 2.75) is 143 Å². The van der Waals surface area contributed by atoms with E-state index in [1.54, 1.807) is 0 Å². The summed E-state index contributed by atoms with van der Waals surface area (Å²) in [7, 11) is 0. The number of para-hydroxylation sites is 3. The van der Waals surface area contributed by atoms with Crippen molar-refractivity contribution in [2.24, 2.45) is 0 Å². The lowest BCUT2D eigenvalue weighted by molar-refractivity contribution is 0.442. The van der Waals surface area contributed by atoms with Crippen molar-refractivity contribution in [1.29, 1.82) is 0 Å². The van der Waals surface area contributed by atoms with Crippen LogP contribution in [0.15, 0.2) is 168 Å². The lowest BCUT2D eigenvalue weighted by atomic mass is 9.33. The summed E-state index contributed by atoms with van der Waals surface area (Å²) in [5, 5.41) is 2.34. The number of nitrogens with zero attached hydrogens (tertiary/aromatic N) is 3. The summed E-state index contributed by atoms with van der Waals surface area (Å²) in [6, 6.07) is 63.0. The van der Waals surface area contributed by atoms with Crippen LogP contribution in [-0.2, 0) is 21.7 Å². The van der Waals surface area contributed by atoms with Gasteiger partial charge in [0, 0.05) is 50.6 Å². The standard InChI is InChI=1S/C70H74BN3O/c1-67(2,3)46-29-35-51(36-30-46)73-59-39-33-48(69(7,8)9)41-57(59)71-58-42-49(70(10,11)12)34-40-60(58)74(52-37-31-47(32-38-52)68(4,5)6)63-44-53(43-62(73)64(63)71)72(50-23-17-14-18-24-50)61-28-20-27-56-55-26-19-25-54(65(55)75-66(56)61)45-21-15-13-16-22-45/h14,17-20,23-45H,13,15-16,21-22H2,1-12H3. The van der Waals surface area contributed by atoms with Gasteiger partial charge in [-0.2, -0.15) is 0 Å². The number of hydrogen-bond donors (Lipinski definition) is 0. The normalized spacial score (nSPS) is 15.1. The van der Waals surface area contributed by atoms with Crippen LogP contribution < -0.4 is 31.1 Å². The maximum atomic E-state index is 7.36. The Morgan fingerprint density at radius 3 is 1.39 bits per heavy atom. The van der Waals surface area contributed by atoms with E-state index in [-0.39, 0.29) is 28.4 Å². The Hall–Kier alpha value is -6.98. The highest BCUT2D eigenvalue weighted by Crippen LogP contribution is 2.51. The predicted octanol–water partition coefficient (Wildman–Crippen LogP) is 18.4. The first kappa shape index (κ1) is 48.9. The van der Waals surface area contributed by atoms with E-state index in [0.717, 1.165) is 45.0 Å². The molecule has 0 amide bonds. The highest BCUT2D eigenvalue weighted by atomic mass is 16.3. The molecule has 75 heavy (non-hydrogen) atoms. The molecule has 0 radical (unpaired) electrons. The van der Waals surface area contributed by atoms with Crippen molar-refractivity contribution in [3.05, 3.63) is 192 Å². The van der Waals surface area contributed by atoms with Gasteiger partial charge in [-0.15, -0.1) is 0 Å². The molecule has 0 atom stereocenters. The fourth-order valence-corrected chi connectivity index (χ4v) is 12.6. The van der Waals surface area contributed by atoms with Gasteiger partial charge >= 0.3 is 0 Å². The van der Waals surface area contributed by atoms with E-state index < -0.39 is 0 Å². The van der Waals surface area contributed by atoms with Crippen LogP contribution in [0.4, 0.5) is 51.2 Å². The lowest BCUT2D eigenvalue weighted by Crippen LogP contribution is -2.61. The molecule has 5 heteroatoms. The second kappa shape index (κ2) is 17.8. The summed E-state index contributed by atoms with van der Waals surface area (Å²) >= 11 is 0. The summed E-state index contributed by atoms with van der Waals surface area (Å²) in [6.07, 6.45) is 6.29. The molecule has 1 fully saturated rings. The Kier molecular flexibility index (Phi) is 11.6. The minimum absolute atomic E-state index is 0.00661. The molecule has 4 nitrogen and oxygen atoms in total. The van der Waals surface area contributed by atoms with Gasteiger partial charge in [0.2, 0.25) is 0 Å². The third kappa shape index (κ3) is 8.46. The summed E-state index contributed by atoms with van der Waals surface area (Å²) in [5.74, 6) is 0.509. The summed E-state index contributed by atoms with van der Waals surface area (Å²) in [4.78, 5) is 7.62. The molecule has 1 aliphatic carbocycles. The number of fused-ring (bicyclic) bond motifs is 7. The fraction of sp³-hybridized carbons (Fsp3) is 0.314. The average molecular weight is 984 g/mol. The summed E-state index contributed by atoms with van der Waals surface area (Å²) < 4.78 is 7.36. The van der Waals surface area contributed by atoms with Crippen molar-refractivity contribution < 1.29 is 4.42 Å². The molecule has 3 aliphatic rings. The second-order valence-electron chi connectivity index (χ2n) is 26.1. The molecule has 0 N–H and O–H groups in total. The molecule has 9 aromatic rings. The van der Waals surface area contributed by atoms with E-state index in [1.165, 1.54) is 104 Å². The van der Waals surface area contributed by atoms with Crippen LogP contribution in [-0.4, -0.2) is 6.71 Å². The molecule has 0 saturated heterocycles. The van der Waals surface area contributed by atoms with E-state index in [9.17, 15) is 0 Å². The van der Waals surface area contributed by atoms with Crippen LogP contribution in [0.3, 0.4) is 0 Å². The molecular formula is C70H74BN3O. The van der Waals surface area contributed by atoms with Crippen molar-refractivity contribution in [3.63, 3.8) is 0 Å². The Bertz CT molecular complexity index is 3480. The van der Waals surface area contributed by atoms with Gasteiger partial charge in [0.1, 0.15) is 5.58 Å². The highest BCUT2D eigenvalue weighted by molar-refractivity contribution is 7.00. The van der Waals surface area contributed by atoms with Gasteiger partial charge in [0.15, 0.2) is 5.58 Å². The zero-order valence-corrected chi connectivity index (χ0v) is 46.5. The van der Waals surface area contributed by atoms with Crippen LogP contribution >= 0.6 is 0 Å². The fourth-order valence-electron chi connectivity index (χ4n) is 12.6. The maximum absolute atomic E-state index is 7.36. The van der Waals surface area contributed by atoms with E-state index in [1.807, 2.05) is 0 Å². The molecule has 0 bridgehead atoms. The molecule has 0 unspecified atom stereocenters. The Morgan fingerprint density at radius 1 is 0.427 bits per heavy atom. The molecule has 12 rings (SSSR count). The summed E-state index contributed by atoms with van der Waals surface area (Å²) in [5.41, 5.74) is 22.7. The van der Waals surface area contributed by atoms with Gasteiger partial charge in [0.25, 0.3) is 6.71 Å². The Labute approximate surface area is 447 Å². The zero-order chi connectivity index (χ0) is 52.3. The quantitative estimate of drug-likeness (QED) is 0.155. The second-order valence-corrected chi connectivity index (χ2v) is 26.1. The zero-order valence-electron chi connectivity index (χ0n) is 46.5. The molecule has 0 spiro atoms. The van der Waals surface area contributed by atoms with Crippen LogP contribution in [0.1, 0.15) is 149 Å². The van der Waals surface area contributed by atoms with E-state index >= 15 is 0 Å². The molecular weight excluding hydrogens is 910 g/mol. The monoisotopic (exact) mass is 984 g/mol. The number of rotatable bonds is 6. The van der Waals surface area contributed by atoms with Crippen LogP contribution in [0.5, 0.6) is 0 Å². The molecule has 3 heterocycles. The van der Waals surface area contributed by atoms with Crippen molar-refractivity contribution >= 4 is 96.2 Å². The number of hydrogen-bond acceptors (Lipinski definition) is 4. The predicted molar refractivity (Wildman–Crippen MR) is 323 cm³/mol. The van der Waals surface area contributed by atoms with Gasteiger partial charge in [-0.25, -0.2) is 0 Å². The smallest absolute Gasteiger partial charge is 0.252 e. The first-order valence-corrected chi connectivity index (χ1v) is 27.8. The topological polar surface area (TPSA) is 22.9 Å².